The molecule has 2 aromatic carbocycles. The molecule has 0 aromatic heterocycles. The van der Waals surface area contributed by atoms with Crippen LogP contribution in [0.1, 0.15) is 45.2 Å². The van der Waals surface area contributed by atoms with Crippen LogP contribution in [-0.4, -0.2) is 11.6 Å². The molecule has 0 saturated heterocycles. The number of carbonyl (C=O) groups excluding carboxylic acids is 1. The molecule has 0 spiro atoms. The van der Waals surface area contributed by atoms with Gasteiger partial charge in [-0.2, -0.15) is 0 Å². The molecular formula is C28H30Cl2N2O. The zero-order valence-electron chi connectivity index (χ0n) is 19.7. The summed E-state index contributed by atoms with van der Waals surface area (Å²) in [6.07, 6.45) is 9.93. The maximum Gasteiger partial charge on any atom is 0.255 e. The highest BCUT2D eigenvalue weighted by atomic mass is 35.5. The van der Waals surface area contributed by atoms with Crippen molar-refractivity contribution < 1.29 is 4.79 Å². The van der Waals surface area contributed by atoms with Crippen LogP contribution in [0.15, 0.2) is 94.0 Å². The van der Waals surface area contributed by atoms with Crippen molar-refractivity contribution in [2.75, 3.05) is 5.32 Å². The zero-order chi connectivity index (χ0) is 24.4. The zero-order valence-corrected chi connectivity index (χ0v) is 21.3. The Bertz CT molecular complexity index is 1150. The number of amides is 1. The average Bonchev–Trinajstić information content (AvgIpc) is 2.75. The van der Waals surface area contributed by atoms with E-state index in [1.807, 2.05) is 70.2 Å². The van der Waals surface area contributed by atoms with Gasteiger partial charge in [0.15, 0.2) is 0 Å². The lowest BCUT2D eigenvalue weighted by Crippen LogP contribution is -2.14. The molecular weight excluding hydrogens is 451 g/mol. The molecule has 0 aliphatic heterocycles. The van der Waals surface area contributed by atoms with Gasteiger partial charge in [0, 0.05) is 21.9 Å². The summed E-state index contributed by atoms with van der Waals surface area (Å²) in [6.45, 7) is 9.82. The molecule has 1 N–H and O–H groups in total. The van der Waals surface area contributed by atoms with E-state index in [0.29, 0.717) is 21.3 Å². The van der Waals surface area contributed by atoms with E-state index in [4.69, 9.17) is 28.2 Å². The lowest BCUT2D eigenvalue weighted by molar-refractivity contribution is -0.112. The number of carbonyl (C=O) groups is 1. The van der Waals surface area contributed by atoms with Crippen LogP contribution >= 0.6 is 23.2 Å². The van der Waals surface area contributed by atoms with Crippen LogP contribution in [0.3, 0.4) is 0 Å². The van der Waals surface area contributed by atoms with Gasteiger partial charge in [0.25, 0.3) is 5.91 Å². The van der Waals surface area contributed by atoms with Gasteiger partial charge < -0.3 is 5.32 Å². The van der Waals surface area contributed by atoms with Crippen molar-refractivity contribution in [1.82, 2.24) is 0 Å². The molecule has 0 bridgehead atoms. The van der Waals surface area contributed by atoms with Crippen LogP contribution in [0.5, 0.6) is 0 Å². The lowest BCUT2D eigenvalue weighted by atomic mass is 10.1. The van der Waals surface area contributed by atoms with Crippen LogP contribution in [-0.2, 0) is 4.79 Å². The first-order valence-corrected chi connectivity index (χ1v) is 11.6. The largest absolute Gasteiger partial charge is 0.322 e. The predicted octanol–water partition coefficient (Wildman–Crippen LogP) is 8.71. The number of anilines is 1. The summed E-state index contributed by atoms with van der Waals surface area (Å²) in [5.74, 6) is -0.234. The van der Waals surface area contributed by atoms with Crippen molar-refractivity contribution in [1.29, 1.82) is 0 Å². The molecule has 0 atom stereocenters. The van der Waals surface area contributed by atoms with Gasteiger partial charge in [-0.3, -0.25) is 4.79 Å². The minimum atomic E-state index is -0.234. The number of para-hydroxylation sites is 1. The van der Waals surface area contributed by atoms with Crippen molar-refractivity contribution in [3.8, 4) is 0 Å². The Morgan fingerprint density at radius 3 is 2.45 bits per heavy atom. The van der Waals surface area contributed by atoms with E-state index in [9.17, 15) is 4.79 Å². The third-order valence-electron chi connectivity index (χ3n) is 4.57. The number of nitrogens with one attached hydrogen (secondary N) is 1. The number of hydrogen-bond donors (Lipinski definition) is 1. The maximum absolute atomic E-state index is 12.9. The fraction of sp³-hybridized carbons (Fsp3) is 0.214. The first-order chi connectivity index (χ1) is 15.7. The Morgan fingerprint density at radius 1 is 1.09 bits per heavy atom. The van der Waals surface area contributed by atoms with E-state index >= 15 is 0 Å². The van der Waals surface area contributed by atoms with E-state index in [1.165, 1.54) is 0 Å². The predicted molar refractivity (Wildman–Crippen MR) is 144 cm³/mol. The van der Waals surface area contributed by atoms with Gasteiger partial charge >= 0.3 is 0 Å². The monoisotopic (exact) mass is 480 g/mol. The Balaban J connectivity index is 2.48. The Kier molecular flexibility index (Phi) is 10.4. The smallest absolute Gasteiger partial charge is 0.255 e. The molecule has 33 heavy (non-hydrogen) atoms. The van der Waals surface area contributed by atoms with Gasteiger partial charge in [0.05, 0.1) is 16.4 Å². The van der Waals surface area contributed by atoms with Gasteiger partial charge in [-0.1, -0.05) is 66.0 Å². The van der Waals surface area contributed by atoms with Gasteiger partial charge in [0.2, 0.25) is 0 Å². The summed E-state index contributed by atoms with van der Waals surface area (Å²) in [5, 5.41) is 4.11. The molecule has 5 heteroatoms. The Labute approximate surface area is 207 Å². The topological polar surface area (TPSA) is 41.5 Å². The van der Waals surface area contributed by atoms with E-state index in [-0.39, 0.29) is 5.91 Å². The summed E-state index contributed by atoms with van der Waals surface area (Å²) in [4.78, 5) is 17.8. The molecule has 2 rings (SSSR count). The summed E-state index contributed by atoms with van der Waals surface area (Å²) in [5.41, 5.74) is 5.63. The van der Waals surface area contributed by atoms with Gasteiger partial charge in [-0.25, -0.2) is 4.99 Å². The summed E-state index contributed by atoms with van der Waals surface area (Å²) in [7, 11) is 0. The quantitative estimate of drug-likeness (QED) is 0.229. The van der Waals surface area contributed by atoms with Crippen LogP contribution in [0.25, 0.3) is 0 Å². The molecule has 0 aliphatic carbocycles. The molecule has 3 nitrogen and oxygen atoms in total. The number of benzene rings is 2. The highest BCUT2D eigenvalue weighted by molar-refractivity contribution is 6.35. The standard InChI is InChI=1S/C28H30Cl2N2O/c1-6-7-11-22(14-13-21(5)29)28(33)31-23-15-16-25(30)24(18-23)27(17-19(2)3)32-26-12-9-8-10-20(26)4/h7-18H,6H2,1-5H3,(H,31,33)/b11-7+,21-13+,22-14+,32-27?. The normalized spacial score (nSPS) is 12.8. The third-order valence-corrected chi connectivity index (χ3v) is 5.03. The highest BCUT2D eigenvalue weighted by Gasteiger charge is 2.12. The van der Waals surface area contributed by atoms with Crippen molar-refractivity contribution in [2.45, 2.75) is 41.0 Å². The van der Waals surface area contributed by atoms with Crippen LogP contribution < -0.4 is 5.32 Å². The Morgan fingerprint density at radius 2 is 1.82 bits per heavy atom. The summed E-state index contributed by atoms with van der Waals surface area (Å²) < 4.78 is 0. The van der Waals surface area contributed by atoms with E-state index < -0.39 is 0 Å². The fourth-order valence-electron chi connectivity index (χ4n) is 2.92. The number of hydrogen-bond acceptors (Lipinski definition) is 2. The molecule has 1 amide bonds. The number of nitrogens with zero attached hydrogens (tertiary/aromatic N) is 1. The molecule has 2 aromatic rings. The SMILES string of the molecule is CC/C=C/C(=C\C=C(/C)Cl)C(=O)Nc1ccc(Cl)c(C(C=C(C)C)=Nc2ccccc2C)c1. The highest BCUT2D eigenvalue weighted by Crippen LogP contribution is 2.26. The molecule has 0 fully saturated rings. The minimum Gasteiger partial charge on any atom is -0.322 e. The number of halogens is 2. The average molecular weight is 481 g/mol. The summed E-state index contributed by atoms with van der Waals surface area (Å²) in [6, 6.07) is 13.3. The molecule has 0 heterocycles. The second-order valence-corrected chi connectivity index (χ2v) is 8.84. The number of aryl methyl sites for hydroxylation is 1. The number of allylic oxidation sites excluding steroid dienone is 6. The maximum atomic E-state index is 12.9. The van der Waals surface area contributed by atoms with Crippen molar-refractivity contribution >= 4 is 46.2 Å². The molecule has 0 aliphatic rings. The van der Waals surface area contributed by atoms with E-state index in [1.54, 1.807) is 37.3 Å². The number of rotatable bonds is 8. The fourth-order valence-corrected chi connectivity index (χ4v) is 3.20. The molecule has 0 radical (unpaired) electrons. The van der Waals surface area contributed by atoms with E-state index in [2.05, 4.69) is 5.32 Å². The summed E-state index contributed by atoms with van der Waals surface area (Å²) >= 11 is 12.5. The van der Waals surface area contributed by atoms with Crippen molar-refractivity contribution in [3.63, 3.8) is 0 Å². The van der Waals surface area contributed by atoms with Gasteiger partial charge in [-0.05, 0) is 82.2 Å². The molecule has 0 unspecified atom stereocenters. The second-order valence-electron chi connectivity index (χ2n) is 7.84. The first-order valence-electron chi connectivity index (χ1n) is 10.8. The van der Waals surface area contributed by atoms with Crippen LogP contribution in [0.4, 0.5) is 11.4 Å². The van der Waals surface area contributed by atoms with Gasteiger partial charge in [0.1, 0.15) is 0 Å². The third kappa shape index (κ3) is 8.53. The molecule has 0 saturated carbocycles. The minimum absolute atomic E-state index is 0.234. The van der Waals surface area contributed by atoms with Crippen molar-refractivity contribution in [2.24, 2.45) is 4.99 Å². The number of aliphatic imine (C=N–C) groups is 1. The van der Waals surface area contributed by atoms with Crippen LogP contribution in [0.2, 0.25) is 5.02 Å². The van der Waals surface area contributed by atoms with Crippen LogP contribution in [0, 0.1) is 6.92 Å². The lowest BCUT2D eigenvalue weighted by Gasteiger charge is -2.11. The Hall–Kier alpha value is -2.88. The second kappa shape index (κ2) is 13.0. The van der Waals surface area contributed by atoms with E-state index in [0.717, 1.165) is 34.5 Å². The first kappa shape index (κ1) is 26.4. The molecule has 172 valence electrons. The van der Waals surface area contributed by atoms with Crippen molar-refractivity contribution in [3.05, 3.63) is 105 Å². The van der Waals surface area contributed by atoms with Gasteiger partial charge in [-0.15, -0.1) is 0 Å².